The van der Waals surface area contributed by atoms with Crippen LogP contribution in [0, 0.1) is 0 Å². The molecule has 1 N–H and O–H groups in total. The minimum absolute atomic E-state index is 0.00500. The summed E-state index contributed by atoms with van der Waals surface area (Å²) in [5, 5.41) is 3.13. The van der Waals surface area contributed by atoms with Crippen LogP contribution in [0.2, 0.25) is 0 Å². The van der Waals surface area contributed by atoms with Crippen LogP contribution in [0.25, 0.3) is 0 Å². The Hall–Kier alpha value is -1.28. The molecular formula is C12H10BrF3N2O2. The van der Waals surface area contributed by atoms with Crippen LogP contribution in [-0.2, 0) is 0 Å². The van der Waals surface area contributed by atoms with Crippen molar-refractivity contribution in [1.82, 2.24) is 10.2 Å². The summed E-state index contributed by atoms with van der Waals surface area (Å²) in [5.41, 5.74) is 0.579. The number of piperazine rings is 1. The Labute approximate surface area is 121 Å². The summed E-state index contributed by atoms with van der Waals surface area (Å²) in [6, 6.07) is 2.92. The molecule has 0 aliphatic carbocycles. The molecule has 2 aliphatic rings. The molecule has 0 saturated carbocycles. The smallest absolute Gasteiger partial charge is 0.404 e. The van der Waals surface area contributed by atoms with Gasteiger partial charge in [-0.1, -0.05) is 6.07 Å². The molecule has 8 heteroatoms. The van der Waals surface area contributed by atoms with Crippen LogP contribution >= 0.6 is 15.9 Å². The van der Waals surface area contributed by atoms with Crippen LogP contribution in [0.15, 0.2) is 16.6 Å². The van der Waals surface area contributed by atoms with E-state index in [-0.39, 0.29) is 16.1 Å². The fraction of sp³-hybridized carbons (Fsp3) is 0.417. The maximum atomic E-state index is 12.5. The first kappa shape index (κ1) is 13.7. The number of nitrogens with one attached hydrogen (secondary N) is 1. The molecule has 1 atom stereocenters. The number of nitrogens with zero attached hydrogens (tertiary/aromatic N) is 1. The second-order valence-electron chi connectivity index (χ2n) is 4.61. The molecule has 2 aliphatic heterocycles. The Morgan fingerprint density at radius 3 is 2.85 bits per heavy atom. The van der Waals surface area contributed by atoms with Crippen molar-refractivity contribution >= 4 is 21.8 Å². The maximum absolute atomic E-state index is 12.5. The monoisotopic (exact) mass is 350 g/mol. The van der Waals surface area contributed by atoms with Crippen LogP contribution < -0.4 is 10.1 Å². The van der Waals surface area contributed by atoms with Gasteiger partial charge in [0, 0.05) is 19.6 Å². The van der Waals surface area contributed by atoms with Crippen LogP contribution in [0.1, 0.15) is 22.0 Å². The Kier molecular flexibility index (Phi) is 3.17. The highest BCUT2D eigenvalue weighted by molar-refractivity contribution is 9.10. The van der Waals surface area contributed by atoms with E-state index in [2.05, 4.69) is 26.0 Å². The molecule has 1 aromatic carbocycles. The standard InChI is InChI=1S/C12H10BrF3N2O2/c13-7-2-1-6-8-5-17-3-4-18(8)11(19)9(6)10(7)20-12(14,15)16/h1-2,8,17H,3-5H2/t8-/m0/s1. The number of hydrogen-bond donors (Lipinski definition) is 1. The van der Waals surface area contributed by atoms with E-state index in [1.165, 1.54) is 6.07 Å². The Morgan fingerprint density at radius 2 is 2.15 bits per heavy atom. The van der Waals surface area contributed by atoms with Gasteiger partial charge in [-0.25, -0.2) is 0 Å². The van der Waals surface area contributed by atoms with Crippen molar-refractivity contribution < 1.29 is 22.7 Å². The molecule has 108 valence electrons. The third-order valence-electron chi connectivity index (χ3n) is 3.44. The fourth-order valence-corrected chi connectivity index (χ4v) is 3.07. The molecule has 0 spiro atoms. The fourth-order valence-electron chi connectivity index (χ4n) is 2.66. The number of carbonyl (C=O) groups excluding carboxylic acids is 1. The highest BCUT2D eigenvalue weighted by Crippen LogP contribution is 2.44. The van der Waals surface area contributed by atoms with E-state index in [1.54, 1.807) is 11.0 Å². The third kappa shape index (κ3) is 2.16. The summed E-state index contributed by atoms with van der Waals surface area (Å²) in [5.74, 6) is -0.860. The lowest BCUT2D eigenvalue weighted by Gasteiger charge is -2.30. The molecule has 2 heterocycles. The number of benzene rings is 1. The second-order valence-corrected chi connectivity index (χ2v) is 5.46. The minimum Gasteiger partial charge on any atom is -0.404 e. The largest absolute Gasteiger partial charge is 0.573 e. The topological polar surface area (TPSA) is 41.6 Å². The molecule has 0 unspecified atom stereocenters. The van der Waals surface area contributed by atoms with Gasteiger partial charge in [0.2, 0.25) is 0 Å². The van der Waals surface area contributed by atoms with Crippen molar-refractivity contribution in [3.05, 3.63) is 27.7 Å². The van der Waals surface area contributed by atoms with Gasteiger partial charge in [0.15, 0.2) is 5.75 Å². The Balaban J connectivity index is 2.10. The van der Waals surface area contributed by atoms with E-state index in [9.17, 15) is 18.0 Å². The molecule has 20 heavy (non-hydrogen) atoms. The first-order valence-corrected chi connectivity index (χ1v) is 6.77. The van der Waals surface area contributed by atoms with E-state index in [0.29, 0.717) is 25.2 Å². The van der Waals surface area contributed by atoms with E-state index in [1.807, 2.05) is 0 Å². The first-order chi connectivity index (χ1) is 9.38. The summed E-state index contributed by atoms with van der Waals surface area (Å²) >= 11 is 3.02. The molecule has 1 amide bonds. The van der Waals surface area contributed by atoms with Gasteiger partial charge in [0.05, 0.1) is 16.1 Å². The number of halogens is 4. The zero-order chi connectivity index (χ0) is 14.5. The van der Waals surface area contributed by atoms with Gasteiger partial charge >= 0.3 is 6.36 Å². The number of hydrogen-bond acceptors (Lipinski definition) is 3. The molecule has 1 fully saturated rings. The minimum atomic E-state index is -4.83. The van der Waals surface area contributed by atoms with Crippen molar-refractivity contribution in [1.29, 1.82) is 0 Å². The predicted octanol–water partition coefficient (Wildman–Crippen LogP) is 2.45. The van der Waals surface area contributed by atoms with Crippen molar-refractivity contribution in [3.8, 4) is 5.75 Å². The van der Waals surface area contributed by atoms with E-state index >= 15 is 0 Å². The molecule has 0 bridgehead atoms. The lowest BCUT2D eigenvalue weighted by atomic mass is 10.0. The van der Waals surface area contributed by atoms with Crippen LogP contribution in [0.3, 0.4) is 0 Å². The number of carbonyl (C=O) groups is 1. The molecule has 1 aromatic rings. The van der Waals surface area contributed by atoms with E-state index in [4.69, 9.17) is 0 Å². The summed E-state index contributed by atoms with van der Waals surface area (Å²) in [4.78, 5) is 13.9. The van der Waals surface area contributed by atoms with Gasteiger partial charge in [-0.05, 0) is 27.6 Å². The van der Waals surface area contributed by atoms with Crippen LogP contribution in [-0.4, -0.2) is 36.8 Å². The van der Waals surface area contributed by atoms with Crippen molar-refractivity contribution in [2.45, 2.75) is 12.4 Å². The maximum Gasteiger partial charge on any atom is 0.573 e. The number of fused-ring (bicyclic) bond motifs is 3. The van der Waals surface area contributed by atoms with Crippen molar-refractivity contribution in [2.24, 2.45) is 0 Å². The molecular weight excluding hydrogens is 341 g/mol. The van der Waals surface area contributed by atoms with E-state index in [0.717, 1.165) is 0 Å². The summed E-state index contributed by atoms with van der Waals surface area (Å²) in [7, 11) is 0. The van der Waals surface area contributed by atoms with Gasteiger partial charge in [0.25, 0.3) is 5.91 Å². The van der Waals surface area contributed by atoms with Gasteiger partial charge < -0.3 is 15.0 Å². The van der Waals surface area contributed by atoms with Gasteiger partial charge in [-0.2, -0.15) is 0 Å². The molecule has 0 radical (unpaired) electrons. The number of rotatable bonds is 1. The first-order valence-electron chi connectivity index (χ1n) is 5.98. The number of alkyl halides is 3. The molecule has 1 saturated heterocycles. The lowest BCUT2D eigenvalue weighted by Crippen LogP contribution is -2.44. The summed E-state index contributed by atoms with van der Waals surface area (Å²) in [6.07, 6.45) is -4.83. The zero-order valence-corrected chi connectivity index (χ0v) is 11.7. The SMILES string of the molecule is O=C1c2c(ccc(Br)c2OC(F)(F)F)[C@@H]2CNCCN12. The molecule has 4 nitrogen and oxygen atoms in total. The predicted molar refractivity (Wildman–Crippen MR) is 67.5 cm³/mol. The quantitative estimate of drug-likeness (QED) is 0.845. The van der Waals surface area contributed by atoms with Gasteiger partial charge in [0.1, 0.15) is 0 Å². The Bertz CT molecular complexity index is 577. The summed E-state index contributed by atoms with van der Waals surface area (Å²) < 4.78 is 41.7. The second kappa shape index (κ2) is 4.63. The third-order valence-corrected chi connectivity index (χ3v) is 4.06. The number of amides is 1. The zero-order valence-electron chi connectivity index (χ0n) is 10.1. The average Bonchev–Trinajstić information content (AvgIpc) is 2.66. The molecule has 0 aromatic heterocycles. The number of ether oxygens (including phenoxy) is 1. The van der Waals surface area contributed by atoms with Crippen molar-refractivity contribution in [3.63, 3.8) is 0 Å². The van der Waals surface area contributed by atoms with Crippen LogP contribution in [0.4, 0.5) is 13.2 Å². The summed E-state index contributed by atoms with van der Waals surface area (Å²) in [6.45, 7) is 1.64. The van der Waals surface area contributed by atoms with Gasteiger partial charge in [-0.15, -0.1) is 13.2 Å². The van der Waals surface area contributed by atoms with Crippen molar-refractivity contribution in [2.75, 3.05) is 19.6 Å². The van der Waals surface area contributed by atoms with Gasteiger partial charge in [-0.3, -0.25) is 4.79 Å². The molecule has 3 rings (SSSR count). The lowest BCUT2D eigenvalue weighted by molar-refractivity contribution is -0.275. The highest BCUT2D eigenvalue weighted by Gasteiger charge is 2.43. The normalized spacial score (nSPS) is 21.7. The Morgan fingerprint density at radius 1 is 1.40 bits per heavy atom. The average molecular weight is 351 g/mol. The van der Waals surface area contributed by atoms with E-state index < -0.39 is 18.0 Å². The van der Waals surface area contributed by atoms with Crippen LogP contribution in [0.5, 0.6) is 5.75 Å². The highest BCUT2D eigenvalue weighted by atomic mass is 79.9.